The summed E-state index contributed by atoms with van der Waals surface area (Å²) in [6, 6.07) is 19.5. The summed E-state index contributed by atoms with van der Waals surface area (Å²) in [4.78, 5) is 38.8. The lowest BCUT2D eigenvalue weighted by molar-refractivity contribution is -0.133. The molecular formula is C22H18ClN3O3. The van der Waals surface area contributed by atoms with Gasteiger partial charge in [-0.3, -0.25) is 14.5 Å². The first kappa shape index (κ1) is 19.0. The Morgan fingerprint density at radius 3 is 2.48 bits per heavy atom. The molecule has 3 aromatic rings. The highest BCUT2D eigenvalue weighted by atomic mass is 35.5. The van der Waals surface area contributed by atoms with Crippen molar-refractivity contribution in [3.63, 3.8) is 0 Å². The molecular weight excluding hydrogens is 390 g/mol. The van der Waals surface area contributed by atoms with Crippen molar-refractivity contribution in [3.05, 3.63) is 77.3 Å². The number of benzene rings is 3. The summed E-state index contributed by atoms with van der Waals surface area (Å²) in [7, 11) is 0. The molecule has 3 aromatic carbocycles. The number of carbonyl (C=O) groups is 3. The lowest BCUT2D eigenvalue weighted by atomic mass is 9.92. The summed E-state index contributed by atoms with van der Waals surface area (Å²) in [6.07, 6.45) is 0. The molecule has 1 saturated heterocycles. The van der Waals surface area contributed by atoms with Crippen molar-refractivity contribution >= 4 is 45.9 Å². The molecule has 0 saturated carbocycles. The van der Waals surface area contributed by atoms with E-state index in [9.17, 15) is 14.4 Å². The van der Waals surface area contributed by atoms with Crippen molar-refractivity contribution in [1.82, 2.24) is 10.2 Å². The molecule has 0 spiro atoms. The van der Waals surface area contributed by atoms with Crippen LogP contribution in [0.5, 0.6) is 0 Å². The molecule has 6 nitrogen and oxygen atoms in total. The molecule has 1 aliphatic rings. The third-order valence-corrected chi connectivity index (χ3v) is 5.35. The number of urea groups is 1. The minimum Gasteiger partial charge on any atom is -0.325 e. The van der Waals surface area contributed by atoms with Crippen molar-refractivity contribution in [1.29, 1.82) is 0 Å². The predicted molar refractivity (Wildman–Crippen MR) is 112 cm³/mol. The number of nitrogens with one attached hydrogen (secondary N) is 2. The monoisotopic (exact) mass is 407 g/mol. The van der Waals surface area contributed by atoms with Crippen molar-refractivity contribution in [2.24, 2.45) is 0 Å². The average Bonchev–Trinajstić information content (AvgIpc) is 2.92. The molecule has 29 heavy (non-hydrogen) atoms. The van der Waals surface area contributed by atoms with Crippen molar-refractivity contribution in [3.8, 4) is 0 Å². The molecule has 4 amide bonds. The third kappa shape index (κ3) is 3.43. The van der Waals surface area contributed by atoms with Crippen molar-refractivity contribution < 1.29 is 14.4 Å². The molecule has 1 fully saturated rings. The van der Waals surface area contributed by atoms with E-state index in [1.165, 1.54) is 0 Å². The van der Waals surface area contributed by atoms with Crippen LogP contribution in [0.2, 0.25) is 5.02 Å². The van der Waals surface area contributed by atoms with Gasteiger partial charge in [-0.25, -0.2) is 4.79 Å². The van der Waals surface area contributed by atoms with E-state index < -0.39 is 29.9 Å². The van der Waals surface area contributed by atoms with Gasteiger partial charge in [0, 0.05) is 16.3 Å². The molecule has 1 heterocycles. The largest absolute Gasteiger partial charge is 0.325 e. The van der Waals surface area contributed by atoms with Gasteiger partial charge in [-0.05, 0) is 35.9 Å². The zero-order valence-corrected chi connectivity index (χ0v) is 16.4. The molecule has 7 heteroatoms. The van der Waals surface area contributed by atoms with Crippen LogP contribution < -0.4 is 10.6 Å². The van der Waals surface area contributed by atoms with E-state index in [0.29, 0.717) is 16.3 Å². The SMILES string of the molecule is C[C@]1(c2ccccc2Cl)NC(=O)N(CC(=O)Nc2ccc3ccccc3c2)C1=O. The number of hydrogen-bond acceptors (Lipinski definition) is 3. The number of imide groups is 1. The highest BCUT2D eigenvalue weighted by molar-refractivity contribution is 6.32. The van der Waals surface area contributed by atoms with Crippen LogP contribution in [0.4, 0.5) is 10.5 Å². The van der Waals surface area contributed by atoms with Gasteiger partial charge >= 0.3 is 6.03 Å². The van der Waals surface area contributed by atoms with Crippen LogP contribution >= 0.6 is 11.6 Å². The Morgan fingerprint density at radius 2 is 1.72 bits per heavy atom. The maximum absolute atomic E-state index is 13.0. The average molecular weight is 408 g/mol. The standard InChI is InChI=1S/C22H18ClN3O3/c1-22(17-8-4-5-9-18(17)23)20(28)26(21(29)25-22)13-19(27)24-16-11-10-14-6-2-3-7-15(14)12-16/h2-12H,13H2,1H3,(H,24,27)(H,25,29)/t22-/m1/s1. The number of amides is 4. The molecule has 0 aliphatic carbocycles. The predicted octanol–water partition coefficient (Wildman–Crippen LogP) is 3.90. The highest BCUT2D eigenvalue weighted by Crippen LogP contribution is 2.33. The van der Waals surface area contributed by atoms with Crippen LogP contribution in [0.15, 0.2) is 66.7 Å². The summed E-state index contributed by atoms with van der Waals surface area (Å²) in [5.74, 6) is -0.989. The maximum atomic E-state index is 13.0. The fourth-order valence-corrected chi connectivity index (χ4v) is 3.83. The van der Waals surface area contributed by atoms with Gasteiger partial charge in [-0.1, -0.05) is 60.1 Å². The zero-order chi connectivity index (χ0) is 20.6. The quantitative estimate of drug-likeness (QED) is 0.644. The van der Waals surface area contributed by atoms with Gasteiger partial charge in [0.15, 0.2) is 0 Å². The Morgan fingerprint density at radius 1 is 1.03 bits per heavy atom. The van der Waals surface area contributed by atoms with Crippen LogP contribution in [0.1, 0.15) is 12.5 Å². The molecule has 2 N–H and O–H groups in total. The second-order valence-electron chi connectivity index (χ2n) is 7.04. The Kier molecular flexibility index (Phi) is 4.72. The van der Waals surface area contributed by atoms with E-state index >= 15 is 0 Å². The van der Waals surface area contributed by atoms with Crippen molar-refractivity contribution in [2.45, 2.75) is 12.5 Å². The van der Waals surface area contributed by atoms with Gasteiger partial charge in [0.25, 0.3) is 5.91 Å². The number of hydrogen-bond donors (Lipinski definition) is 2. The molecule has 0 unspecified atom stereocenters. The zero-order valence-electron chi connectivity index (χ0n) is 15.6. The Balaban J connectivity index is 1.51. The minimum atomic E-state index is -1.32. The van der Waals surface area contributed by atoms with Gasteiger partial charge in [0.05, 0.1) is 0 Å². The van der Waals surface area contributed by atoms with E-state index in [1.807, 2.05) is 36.4 Å². The molecule has 1 aliphatic heterocycles. The van der Waals surface area contributed by atoms with Crippen LogP contribution in [0, 0.1) is 0 Å². The first-order valence-corrected chi connectivity index (χ1v) is 9.44. The summed E-state index contributed by atoms with van der Waals surface area (Å²) in [5, 5.41) is 7.79. The lowest BCUT2D eigenvalue weighted by Crippen LogP contribution is -2.42. The summed E-state index contributed by atoms with van der Waals surface area (Å²) >= 11 is 6.21. The van der Waals surface area contributed by atoms with E-state index in [1.54, 1.807) is 37.3 Å². The highest BCUT2D eigenvalue weighted by Gasteiger charge is 2.50. The third-order valence-electron chi connectivity index (χ3n) is 5.02. The number of fused-ring (bicyclic) bond motifs is 1. The molecule has 4 rings (SSSR count). The molecule has 1 atom stereocenters. The van der Waals surface area contributed by atoms with Crippen molar-refractivity contribution in [2.75, 3.05) is 11.9 Å². The second kappa shape index (κ2) is 7.22. The molecule has 0 radical (unpaired) electrons. The molecule has 0 aromatic heterocycles. The van der Waals surface area contributed by atoms with Crippen LogP contribution in [-0.2, 0) is 15.1 Å². The van der Waals surface area contributed by atoms with E-state index in [0.717, 1.165) is 15.7 Å². The first-order chi connectivity index (χ1) is 13.9. The lowest BCUT2D eigenvalue weighted by Gasteiger charge is -2.23. The minimum absolute atomic E-state index is 0.367. The maximum Gasteiger partial charge on any atom is 0.325 e. The van der Waals surface area contributed by atoms with Crippen LogP contribution in [0.3, 0.4) is 0 Å². The van der Waals surface area contributed by atoms with Gasteiger partial charge in [-0.2, -0.15) is 0 Å². The fraction of sp³-hybridized carbons (Fsp3) is 0.136. The number of rotatable bonds is 4. The number of carbonyl (C=O) groups excluding carboxylic acids is 3. The smallest absolute Gasteiger partial charge is 0.325 e. The fourth-order valence-electron chi connectivity index (χ4n) is 3.50. The topological polar surface area (TPSA) is 78.5 Å². The number of halogens is 1. The number of nitrogens with zero attached hydrogens (tertiary/aromatic N) is 1. The second-order valence-corrected chi connectivity index (χ2v) is 7.44. The Bertz CT molecular complexity index is 1150. The van der Waals surface area contributed by atoms with E-state index in [2.05, 4.69) is 10.6 Å². The van der Waals surface area contributed by atoms with E-state index in [4.69, 9.17) is 11.6 Å². The first-order valence-electron chi connectivity index (χ1n) is 9.06. The van der Waals surface area contributed by atoms with Crippen LogP contribution in [0.25, 0.3) is 10.8 Å². The summed E-state index contributed by atoms with van der Waals surface area (Å²) < 4.78 is 0. The van der Waals surface area contributed by atoms with Gasteiger partial charge < -0.3 is 10.6 Å². The summed E-state index contributed by atoms with van der Waals surface area (Å²) in [5.41, 5.74) is -0.245. The van der Waals surface area contributed by atoms with Gasteiger partial charge in [0.1, 0.15) is 12.1 Å². The Labute approximate surface area is 172 Å². The molecule has 146 valence electrons. The van der Waals surface area contributed by atoms with Gasteiger partial charge in [-0.15, -0.1) is 0 Å². The number of anilines is 1. The summed E-state index contributed by atoms with van der Waals surface area (Å²) in [6.45, 7) is 1.19. The normalized spacial score (nSPS) is 18.8. The van der Waals surface area contributed by atoms with Gasteiger partial charge in [0.2, 0.25) is 5.91 Å². The molecule has 0 bridgehead atoms. The Hall–Kier alpha value is -3.38. The van der Waals surface area contributed by atoms with Crippen LogP contribution in [-0.4, -0.2) is 29.3 Å². The van der Waals surface area contributed by atoms with E-state index in [-0.39, 0.29) is 0 Å².